The number of hydrogen-bond acceptors (Lipinski definition) is 3. The van der Waals surface area contributed by atoms with Gasteiger partial charge >= 0.3 is 0 Å². The second-order valence-electron chi connectivity index (χ2n) is 8.74. The first-order chi connectivity index (χ1) is 14.6. The van der Waals surface area contributed by atoms with Gasteiger partial charge in [0.05, 0.1) is 16.8 Å². The van der Waals surface area contributed by atoms with E-state index in [1.165, 1.54) is 6.42 Å². The predicted molar refractivity (Wildman–Crippen MR) is 120 cm³/mol. The molecular formula is C24H27N3O2S. The van der Waals surface area contributed by atoms with Crippen molar-refractivity contribution in [2.45, 2.75) is 63.7 Å². The molecule has 1 fully saturated rings. The molecule has 0 saturated heterocycles. The molecule has 5 nitrogen and oxygen atoms in total. The minimum absolute atomic E-state index is 0.0404. The number of carbonyl (C=O) groups is 2. The quantitative estimate of drug-likeness (QED) is 0.671. The topological polar surface area (TPSA) is 54.3 Å². The Bertz CT molecular complexity index is 1080. The Morgan fingerprint density at radius 1 is 1.17 bits per heavy atom. The summed E-state index contributed by atoms with van der Waals surface area (Å²) in [6.45, 7) is 2.82. The van der Waals surface area contributed by atoms with E-state index < -0.39 is 5.54 Å². The minimum atomic E-state index is -0.939. The second kappa shape index (κ2) is 7.58. The molecule has 30 heavy (non-hydrogen) atoms. The molecule has 0 bridgehead atoms. The average molecular weight is 422 g/mol. The third-order valence-corrected chi connectivity index (χ3v) is 7.51. The van der Waals surface area contributed by atoms with Gasteiger partial charge < -0.3 is 14.8 Å². The van der Waals surface area contributed by atoms with E-state index in [1.807, 2.05) is 59.3 Å². The number of rotatable bonds is 4. The standard InChI is InChI=1S/C24H27N3O2S/c1-24(23(29)25-18-10-6-3-7-11-18)16-26-19-12-13-30-21(19)14-20(26)22(28)27(24)15-17-8-4-2-5-9-17/h2,4-5,8-9,12-14,18H,3,6-7,10-11,15-16H2,1H3,(H,25,29)/t24-/m0/s1. The van der Waals surface area contributed by atoms with Crippen LogP contribution in [-0.4, -0.2) is 32.9 Å². The van der Waals surface area contributed by atoms with Crippen LogP contribution in [0.25, 0.3) is 10.2 Å². The summed E-state index contributed by atoms with van der Waals surface area (Å²) in [7, 11) is 0. The summed E-state index contributed by atoms with van der Waals surface area (Å²) in [6.07, 6.45) is 5.61. The SMILES string of the molecule is C[C@@]1(C(=O)NC2CCCCC2)Cn2c(cc3sccc32)C(=O)N1Cc1ccccc1. The maximum atomic E-state index is 13.6. The molecule has 1 aliphatic heterocycles. The summed E-state index contributed by atoms with van der Waals surface area (Å²) in [5, 5.41) is 5.33. The highest BCUT2D eigenvalue weighted by Gasteiger charge is 2.48. The molecule has 0 unspecified atom stereocenters. The van der Waals surface area contributed by atoms with Crippen molar-refractivity contribution in [1.29, 1.82) is 0 Å². The van der Waals surface area contributed by atoms with E-state index in [0.717, 1.165) is 41.5 Å². The van der Waals surface area contributed by atoms with Gasteiger partial charge in [-0.05, 0) is 42.8 Å². The second-order valence-corrected chi connectivity index (χ2v) is 9.69. The van der Waals surface area contributed by atoms with Gasteiger partial charge in [0.15, 0.2) is 0 Å². The molecule has 3 aromatic rings. The van der Waals surface area contributed by atoms with Gasteiger partial charge in [0.2, 0.25) is 5.91 Å². The minimum Gasteiger partial charge on any atom is -0.351 e. The predicted octanol–water partition coefficient (Wildman–Crippen LogP) is 4.57. The van der Waals surface area contributed by atoms with Crippen molar-refractivity contribution in [3.05, 3.63) is 59.1 Å². The van der Waals surface area contributed by atoms with Crippen LogP contribution in [0.1, 0.15) is 55.1 Å². The van der Waals surface area contributed by atoms with E-state index in [1.54, 1.807) is 16.2 Å². The Morgan fingerprint density at radius 2 is 1.93 bits per heavy atom. The fourth-order valence-electron chi connectivity index (χ4n) is 4.87. The zero-order valence-corrected chi connectivity index (χ0v) is 18.1. The lowest BCUT2D eigenvalue weighted by Crippen LogP contribution is -2.64. The van der Waals surface area contributed by atoms with Crippen molar-refractivity contribution < 1.29 is 9.59 Å². The molecule has 156 valence electrons. The van der Waals surface area contributed by atoms with Crippen molar-refractivity contribution in [1.82, 2.24) is 14.8 Å². The van der Waals surface area contributed by atoms with Gasteiger partial charge in [0.25, 0.3) is 5.91 Å². The van der Waals surface area contributed by atoms with Gasteiger partial charge in [-0.25, -0.2) is 0 Å². The van der Waals surface area contributed by atoms with Crippen LogP contribution in [0.5, 0.6) is 0 Å². The highest BCUT2D eigenvalue weighted by molar-refractivity contribution is 7.17. The first-order valence-corrected chi connectivity index (χ1v) is 11.7. The Hall–Kier alpha value is -2.60. The maximum Gasteiger partial charge on any atom is 0.271 e. The molecule has 2 aromatic heterocycles. The monoisotopic (exact) mass is 421 g/mol. The largest absolute Gasteiger partial charge is 0.351 e. The van der Waals surface area contributed by atoms with Gasteiger partial charge in [-0.1, -0.05) is 49.6 Å². The number of fused-ring (bicyclic) bond motifs is 3. The van der Waals surface area contributed by atoms with Crippen molar-refractivity contribution in [2.24, 2.45) is 0 Å². The number of nitrogens with one attached hydrogen (secondary N) is 1. The molecule has 1 aliphatic carbocycles. The normalized spacial score (nSPS) is 22.3. The van der Waals surface area contributed by atoms with Gasteiger partial charge in [-0.3, -0.25) is 9.59 Å². The van der Waals surface area contributed by atoms with Crippen LogP contribution >= 0.6 is 11.3 Å². The molecule has 2 amide bonds. The van der Waals surface area contributed by atoms with Crippen molar-refractivity contribution in [2.75, 3.05) is 0 Å². The Labute approximate surface area is 180 Å². The van der Waals surface area contributed by atoms with Crippen LogP contribution in [0.2, 0.25) is 0 Å². The zero-order valence-electron chi connectivity index (χ0n) is 17.3. The lowest BCUT2D eigenvalue weighted by Gasteiger charge is -2.45. The Morgan fingerprint density at radius 3 is 2.70 bits per heavy atom. The number of aromatic nitrogens is 1. The lowest BCUT2D eigenvalue weighted by atomic mass is 9.91. The van der Waals surface area contributed by atoms with E-state index in [2.05, 4.69) is 5.32 Å². The first-order valence-electron chi connectivity index (χ1n) is 10.8. The fraction of sp³-hybridized carbons (Fsp3) is 0.417. The molecule has 3 heterocycles. The summed E-state index contributed by atoms with van der Waals surface area (Å²) in [5.41, 5.74) is 1.81. The smallest absolute Gasteiger partial charge is 0.271 e. The summed E-state index contributed by atoms with van der Waals surface area (Å²) in [4.78, 5) is 29.0. The highest BCUT2D eigenvalue weighted by atomic mass is 32.1. The number of benzene rings is 1. The van der Waals surface area contributed by atoms with E-state index in [9.17, 15) is 9.59 Å². The summed E-state index contributed by atoms with van der Waals surface area (Å²) in [6, 6.07) is 14.2. The van der Waals surface area contributed by atoms with E-state index >= 15 is 0 Å². The van der Waals surface area contributed by atoms with Crippen LogP contribution in [0.15, 0.2) is 47.8 Å². The van der Waals surface area contributed by atoms with Gasteiger partial charge in [-0.2, -0.15) is 0 Å². The molecule has 5 rings (SSSR count). The van der Waals surface area contributed by atoms with Crippen LogP contribution in [0.4, 0.5) is 0 Å². The molecule has 1 N–H and O–H groups in total. The number of thiophene rings is 1. The molecular weight excluding hydrogens is 394 g/mol. The third kappa shape index (κ3) is 3.23. The highest BCUT2D eigenvalue weighted by Crippen LogP contribution is 2.35. The summed E-state index contributed by atoms with van der Waals surface area (Å²) >= 11 is 1.63. The van der Waals surface area contributed by atoms with Gasteiger partial charge in [0, 0.05) is 12.6 Å². The maximum absolute atomic E-state index is 13.6. The number of hydrogen-bond donors (Lipinski definition) is 1. The average Bonchev–Trinajstić information content (AvgIpc) is 3.35. The zero-order chi connectivity index (χ0) is 20.7. The molecule has 2 aliphatic rings. The Kier molecular flexibility index (Phi) is 4.89. The van der Waals surface area contributed by atoms with Crippen molar-refractivity contribution in [3.8, 4) is 0 Å². The van der Waals surface area contributed by atoms with Crippen LogP contribution in [-0.2, 0) is 17.9 Å². The first kappa shape index (κ1) is 19.4. The molecule has 1 aromatic carbocycles. The molecule has 0 radical (unpaired) electrons. The summed E-state index contributed by atoms with van der Waals surface area (Å²) < 4.78 is 3.13. The lowest BCUT2D eigenvalue weighted by molar-refractivity contribution is -0.134. The number of nitrogens with zero attached hydrogens (tertiary/aromatic N) is 2. The van der Waals surface area contributed by atoms with Gasteiger partial charge in [0.1, 0.15) is 11.2 Å². The van der Waals surface area contributed by atoms with E-state index in [-0.39, 0.29) is 17.9 Å². The third-order valence-electron chi connectivity index (χ3n) is 6.66. The van der Waals surface area contributed by atoms with Crippen molar-refractivity contribution >= 4 is 33.4 Å². The fourth-order valence-corrected chi connectivity index (χ4v) is 5.70. The van der Waals surface area contributed by atoms with Crippen LogP contribution in [0, 0.1) is 0 Å². The molecule has 0 spiro atoms. The van der Waals surface area contributed by atoms with Crippen LogP contribution in [0.3, 0.4) is 0 Å². The number of amides is 2. The molecule has 1 atom stereocenters. The van der Waals surface area contributed by atoms with Crippen molar-refractivity contribution in [3.63, 3.8) is 0 Å². The Balaban J connectivity index is 1.53. The van der Waals surface area contributed by atoms with E-state index in [4.69, 9.17) is 0 Å². The van der Waals surface area contributed by atoms with Gasteiger partial charge in [-0.15, -0.1) is 11.3 Å². The van der Waals surface area contributed by atoms with E-state index in [0.29, 0.717) is 18.8 Å². The number of carbonyl (C=O) groups excluding carboxylic acids is 2. The molecule has 6 heteroatoms. The summed E-state index contributed by atoms with van der Waals surface area (Å²) in [5.74, 6) is -0.115. The molecule has 1 saturated carbocycles. The van der Waals surface area contributed by atoms with Crippen LogP contribution < -0.4 is 5.32 Å².